The van der Waals surface area contributed by atoms with Crippen LogP contribution in [0.4, 0.5) is 8.78 Å². The molecule has 1 N–H and O–H groups in total. The first-order chi connectivity index (χ1) is 7.24. The van der Waals surface area contributed by atoms with Gasteiger partial charge >= 0.3 is 0 Å². The van der Waals surface area contributed by atoms with Crippen molar-refractivity contribution in [1.82, 2.24) is 5.32 Å². The van der Waals surface area contributed by atoms with Gasteiger partial charge in [0, 0.05) is 22.8 Å². The lowest BCUT2D eigenvalue weighted by molar-refractivity contribution is 0.657. The largest absolute Gasteiger partial charge is 0.307 e. The minimum absolute atomic E-state index is 0. The first kappa shape index (κ1) is 13.6. The normalized spacial score (nSPS) is 10.1. The van der Waals surface area contributed by atoms with E-state index in [2.05, 4.69) is 5.32 Å². The van der Waals surface area contributed by atoms with Gasteiger partial charge in [-0.3, -0.25) is 0 Å². The number of hydrogen-bond donors (Lipinski definition) is 1. The summed E-state index contributed by atoms with van der Waals surface area (Å²) in [5.41, 5.74) is 0. The number of halogens is 3. The quantitative estimate of drug-likeness (QED) is 0.899. The highest BCUT2D eigenvalue weighted by Gasteiger charge is 2.00. The van der Waals surface area contributed by atoms with Crippen molar-refractivity contribution >= 4 is 35.1 Å². The minimum atomic E-state index is -0.172. The van der Waals surface area contributed by atoms with Gasteiger partial charge in [0.25, 0.3) is 0 Å². The fourth-order valence-electron chi connectivity index (χ4n) is 1.20. The fraction of sp³-hybridized carbons (Fsp3) is 0.200. The Morgan fingerprint density at radius 1 is 0.875 bits per heavy atom. The van der Waals surface area contributed by atoms with E-state index in [1.54, 1.807) is 12.1 Å². The Bertz CT molecular complexity index is 401. The van der Waals surface area contributed by atoms with Crippen LogP contribution in [0.2, 0.25) is 0 Å². The number of nitrogens with one attached hydrogen (secondary N) is 1. The monoisotopic (exact) mass is 281 g/mol. The summed E-state index contributed by atoms with van der Waals surface area (Å²) in [6.45, 7) is 1.24. The molecule has 16 heavy (non-hydrogen) atoms. The molecule has 0 amide bonds. The predicted molar refractivity (Wildman–Crippen MR) is 66.3 cm³/mol. The van der Waals surface area contributed by atoms with Gasteiger partial charge in [0.05, 0.1) is 0 Å². The Hall–Kier alpha value is -0.490. The highest BCUT2D eigenvalue weighted by Crippen LogP contribution is 2.16. The molecule has 0 atom stereocenters. The molecular weight excluding hydrogens is 272 g/mol. The SMILES string of the molecule is Cl.Fc1ccc(CNCc2ccc(F)s2)s1. The second-order valence-corrected chi connectivity index (χ2v) is 5.25. The van der Waals surface area contributed by atoms with Crippen LogP contribution < -0.4 is 5.32 Å². The Labute approximate surface area is 107 Å². The van der Waals surface area contributed by atoms with E-state index in [1.165, 1.54) is 12.1 Å². The summed E-state index contributed by atoms with van der Waals surface area (Å²) in [5, 5.41) is 2.79. The maximum absolute atomic E-state index is 12.6. The van der Waals surface area contributed by atoms with Gasteiger partial charge in [-0.15, -0.1) is 35.1 Å². The van der Waals surface area contributed by atoms with Crippen LogP contribution in [0.25, 0.3) is 0 Å². The molecule has 0 aliphatic carbocycles. The molecule has 88 valence electrons. The molecule has 0 aliphatic heterocycles. The maximum Gasteiger partial charge on any atom is 0.176 e. The van der Waals surface area contributed by atoms with Gasteiger partial charge in [-0.05, 0) is 24.3 Å². The van der Waals surface area contributed by atoms with Crippen LogP contribution in [0.5, 0.6) is 0 Å². The Morgan fingerprint density at radius 3 is 1.62 bits per heavy atom. The third kappa shape index (κ3) is 3.83. The molecule has 0 saturated carbocycles. The zero-order chi connectivity index (χ0) is 10.7. The average molecular weight is 282 g/mol. The van der Waals surface area contributed by atoms with Crippen molar-refractivity contribution in [3.05, 3.63) is 44.3 Å². The standard InChI is InChI=1S/C10H9F2NS2.ClH/c11-9-3-1-7(14-9)5-13-6-8-2-4-10(12)15-8;/h1-4,13H,5-6H2;1H. The van der Waals surface area contributed by atoms with Crippen molar-refractivity contribution in [2.45, 2.75) is 13.1 Å². The number of rotatable bonds is 4. The second kappa shape index (κ2) is 6.30. The molecule has 0 unspecified atom stereocenters. The molecule has 0 fully saturated rings. The van der Waals surface area contributed by atoms with Gasteiger partial charge < -0.3 is 5.32 Å². The Balaban J connectivity index is 0.00000128. The van der Waals surface area contributed by atoms with Crippen LogP contribution in [0.15, 0.2) is 24.3 Å². The summed E-state index contributed by atoms with van der Waals surface area (Å²) >= 11 is 2.26. The minimum Gasteiger partial charge on any atom is -0.307 e. The van der Waals surface area contributed by atoms with E-state index in [1.807, 2.05) is 0 Å². The van der Waals surface area contributed by atoms with Gasteiger partial charge in [-0.1, -0.05) is 0 Å². The lowest BCUT2D eigenvalue weighted by atomic mass is 10.4. The van der Waals surface area contributed by atoms with Crippen molar-refractivity contribution in [2.75, 3.05) is 0 Å². The lowest BCUT2D eigenvalue weighted by Gasteiger charge is -1.99. The van der Waals surface area contributed by atoms with Crippen molar-refractivity contribution in [3.8, 4) is 0 Å². The van der Waals surface area contributed by atoms with E-state index in [0.29, 0.717) is 13.1 Å². The Morgan fingerprint density at radius 2 is 1.31 bits per heavy atom. The van der Waals surface area contributed by atoms with Gasteiger partial charge in [0.2, 0.25) is 0 Å². The first-order valence-corrected chi connectivity index (χ1v) is 6.06. The van der Waals surface area contributed by atoms with E-state index in [-0.39, 0.29) is 22.7 Å². The predicted octanol–water partition coefficient (Wildman–Crippen LogP) is 3.80. The van der Waals surface area contributed by atoms with Crippen LogP contribution in [0.3, 0.4) is 0 Å². The number of thiophene rings is 2. The molecule has 2 rings (SSSR count). The van der Waals surface area contributed by atoms with Crippen LogP contribution in [0.1, 0.15) is 9.75 Å². The molecule has 2 aromatic heterocycles. The van der Waals surface area contributed by atoms with E-state index >= 15 is 0 Å². The lowest BCUT2D eigenvalue weighted by Crippen LogP contribution is -2.10. The average Bonchev–Trinajstić information content (AvgIpc) is 2.76. The van der Waals surface area contributed by atoms with Crippen LogP contribution in [-0.2, 0) is 13.1 Å². The molecule has 0 spiro atoms. The van der Waals surface area contributed by atoms with Crippen LogP contribution >= 0.6 is 35.1 Å². The molecule has 2 aromatic rings. The number of hydrogen-bond acceptors (Lipinski definition) is 3. The molecule has 1 nitrogen and oxygen atoms in total. The third-order valence-electron chi connectivity index (χ3n) is 1.86. The van der Waals surface area contributed by atoms with Crippen LogP contribution in [-0.4, -0.2) is 0 Å². The summed E-state index contributed by atoms with van der Waals surface area (Å²) in [4.78, 5) is 1.90. The van der Waals surface area contributed by atoms with Gasteiger partial charge in [-0.2, -0.15) is 8.78 Å². The van der Waals surface area contributed by atoms with E-state index in [4.69, 9.17) is 0 Å². The molecule has 2 heterocycles. The van der Waals surface area contributed by atoms with Crippen molar-refractivity contribution in [1.29, 1.82) is 0 Å². The molecule has 0 radical (unpaired) electrons. The molecule has 0 bridgehead atoms. The van der Waals surface area contributed by atoms with Crippen molar-refractivity contribution in [2.24, 2.45) is 0 Å². The molecular formula is C10H10ClF2NS2. The van der Waals surface area contributed by atoms with E-state index < -0.39 is 0 Å². The molecule has 0 aromatic carbocycles. The zero-order valence-corrected chi connectivity index (χ0v) is 10.7. The zero-order valence-electron chi connectivity index (χ0n) is 8.20. The summed E-state index contributed by atoms with van der Waals surface area (Å²) in [7, 11) is 0. The maximum atomic E-state index is 12.6. The van der Waals surface area contributed by atoms with Crippen molar-refractivity contribution in [3.63, 3.8) is 0 Å². The highest BCUT2D eigenvalue weighted by molar-refractivity contribution is 7.10. The molecule has 0 saturated heterocycles. The third-order valence-corrected chi connectivity index (χ3v) is 3.60. The van der Waals surface area contributed by atoms with Gasteiger partial charge in [0.1, 0.15) is 0 Å². The molecule has 6 heteroatoms. The fourth-order valence-corrected chi connectivity index (χ4v) is 2.60. The topological polar surface area (TPSA) is 12.0 Å². The summed E-state index contributed by atoms with van der Waals surface area (Å²) in [5.74, 6) is 0. The Kier molecular flexibility index (Phi) is 5.34. The smallest absolute Gasteiger partial charge is 0.176 e. The first-order valence-electron chi connectivity index (χ1n) is 4.43. The molecule has 0 aliphatic rings. The van der Waals surface area contributed by atoms with Crippen molar-refractivity contribution < 1.29 is 8.78 Å². The van der Waals surface area contributed by atoms with Gasteiger partial charge in [-0.25, -0.2) is 0 Å². The second-order valence-electron chi connectivity index (χ2n) is 3.02. The van der Waals surface area contributed by atoms with E-state index in [9.17, 15) is 8.78 Å². The summed E-state index contributed by atoms with van der Waals surface area (Å²) < 4.78 is 25.2. The van der Waals surface area contributed by atoms with E-state index in [0.717, 1.165) is 32.4 Å². The van der Waals surface area contributed by atoms with Crippen LogP contribution in [0, 0.1) is 10.3 Å². The summed E-state index contributed by atoms with van der Waals surface area (Å²) in [6.07, 6.45) is 0. The summed E-state index contributed by atoms with van der Waals surface area (Å²) in [6, 6.07) is 6.41. The van der Waals surface area contributed by atoms with Gasteiger partial charge in [0.15, 0.2) is 10.3 Å². The highest BCUT2D eigenvalue weighted by atomic mass is 35.5.